The maximum Gasteiger partial charge on any atom is 0.306 e. The lowest BCUT2D eigenvalue weighted by Gasteiger charge is -2.14. The Kier molecular flexibility index (Phi) is 6.36. The van der Waals surface area contributed by atoms with Gasteiger partial charge in [-0.1, -0.05) is 11.2 Å². The number of nitrogens with zero attached hydrogens (tertiary/aromatic N) is 1. The summed E-state index contributed by atoms with van der Waals surface area (Å²) in [6, 6.07) is 5.58. The first kappa shape index (κ1) is 19.2. The molecule has 6 nitrogen and oxygen atoms in total. The third kappa shape index (κ3) is 5.16. The SMILES string of the molecule is Cc1ccc(NC(=O)[C@@H](C)OC(=O)CCc2c(C)noc2C)c(Br)c1. The Hall–Kier alpha value is -2.15. The van der Waals surface area contributed by atoms with Gasteiger partial charge in [-0.2, -0.15) is 0 Å². The molecule has 0 unspecified atom stereocenters. The lowest BCUT2D eigenvalue weighted by molar-refractivity contribution is -0.153. The number of carbonyl (C=O) groups is 2. The molecule has 0 spiro atoms. The average Bonchev–Trinajstić information content (AvgIpc) is 2.86. The van der Waals surface area contributed by atoms with E-state index in [9.17, 15) is 9.59 Å². The van der Waals surface area contributed by atoms with E-state index in [0.717, 1.165) is 21.3 Å². The lowest BCUT2D eigenvalue weighted by Crippen LogP contribution is -2.30. The van der Waals surface area contributed by atoms with Crippen LogP contribution in [-0.4, -0.2) is 23.1 Å². The molecule has 1 aromatic carbocycles. The zero-order valence-electron chi connectivity index (χ0n) is 14.7. The summed E-state index contributed by atoms with van der Waals surface area (Å²) in [5.74, 6) is -0.124. The Morgan fingerprint density at radius 1 is 1.32 bits per heavy atom. The van der Waals surface area contributed by atoms with E-state index in [0.29, 0.717) is 17.9 Å². The summed E-state index contributed by atoms with van der Waals surface area (Å²) in [4.78, 5) is 24.2. The van der Waals surface area contributed by atoms with E-state index in [1.165, 1.54) is 0 Å². The van der Waals surface area contributed by atoms with Crippen LogP contribution < -0.4 is 5.32 Å². The van der Waals surface area contributed by atoms with E-state index in [-0.39, 0.29) is 12.3 Å². The van der Waals surface area contributed by atoms with Gasteiger partial charge in [-0.3, -0.25) is 9.59 Å². The summed E-state index contributed by atoms with van der Waals surface area (Å²) in [6.07, 6.45) is -0.252. The number of benzene rings is 1. The van der Waals surface area contributed by atoms with Crippen molar-refractivity contribution in [3.05, 3.63) is 45.3 Å². The minimum Gasteiger partial charge on any atom is -0.453 e. The normalized spacial score (nSPS) is 11.9. The number of anilines is 1. The molecule has 0 radical (unpaired) electrons. The number of esters is 1. The second-order valence-electron chi connectivity index (χ2n) is 5.91. The Labute approximate surface area is 155 Å². The molecule has 0 saturated carbocycles. The molecule has 1 heterocycles. The van der Waals surface area contributed by atoms with Crippen LogP contribution in [0.25, 0.3) is 0 Å². The monoisotopic (exact) mass is 408 g/mol. The molecule has 0 fully saturated rings. The third-order valence-corrected chi connectivity index (χ3v) is 4.48. The van der Waals surface area contributed by atoms with Crippen LogP contribution in [0, 0.1) is 20.8 Å². The summed E-state index contributed by atoms with van der Waals surface area (Å²) in [7, 11) is 0. The number of hydrogen-bond acceptors (Lipinski definition) is 5. The number of rotatable bonds is 6. The van der Waals surface area contributed by atoms with Gasteiger partial charge < -0.3 is 14.6 Å². The number of carbonyl (C=O) groups excluding carboxylic acids is 2. The number of hydrogen-bond donors (Lipinski definition) is 1. The minimum atomic E-state index is -0.884. The first-order valence-corrected chi connectivity index (χ1v) is 8.75. The molecule has 2 rings (SSSR count). The Morgan fingerprint density at radius 2 is 2.04 bits per heavy atom. The number of aromatic nitrogens is 1. The Balaban J connectivity index is 1.86. The maximum atomic E-state index is 12.2. The molecule has 0 bridgehead atoms. The van der Waals surface area contributed by atoms with Crippen molar-refractivity contribution in [2.24, 2.45) is 0 Å². The van der Waals surface area contributed by atoms with Crippen LogP contribution >= 0.6 is 15.9 Å². The van der Waals surface area contributed by atoms with Crippen LogP contribution in [-0.2, 0) is 20.7 Å². The number of halogens is 1. The molecule has 1 N–H and O–H groups in total. The molecule has 134 valence electrons. The smallest absolute Gasteiger partial charge is 0.306 e. The van der Waals surface area contributed by atoms with Gasteiger partial charge in [0.25, 0.3) is 5.91 Å². The van der Waals surface area contributed by atoms with Crippen molar-refractivity contribution in [2.75, 3.05) is 5.32 Å². The van der Waals surface area contributed by atoms with Crippen LogP contribution in [0.3, 0.4) is 0 Å². The average molecular weight is 409 g/mol. The van der Waals surface area contributed by atoms with E-state index in [4.69, 9.17) is 9.26 Å². The quantitative estimate of drug-likeness (QED) is 0.733. The molecule has 1 atom stereocenters. The molecule has 1 aromatic heterocycles. The number of nitrogens with one attached hydrogen (secondary N) is 1. The molecule has 2 aromatic rings. The number of ether oxygens (including phenoxy) is 1. The summed E-state index contributed by atoms with van der Waals surface area (Å²) < 4.78 is 11.0. The first-order valence-electron chi connectivity index (χ1n) is 7.96. The molecular formula is C18H21BrN2O4. The van der Waals surface area contributed by atoms with Gasteiger partial charge in [-0.25, -0.2) is 0 Å². The zero-order chi connectivity index (χ0) is 18.6. The van der Waals surface area contributed by atoms with E-state index in [1.54, 1.807) is 19.9 Å². The Bertz CT molecular complexity index is 766. The fourth-order valence-corrected chi connectivity index (χ4v) is 2.94. The molecule has 0 aliphatic carbocycles. The fourth-order valence-electron chi connectivity index (χ4n) is 2.35. The minimum absolute atomic E-state index is 0.161. The molecular weight excluding hydrogens is 388 g/mol. The highest BCUT2D eigenvalue weighted by molar-refractivity contribution is 9.10. The van der Waals surface area contributed by atoms with E-state index < -0.39 is 12.1 Å². The standard InChI is InChI=1S/C18H21BrN2O4/c1-10-5-7-16(15(19)9-10)20-18(23)13(4)24-17(22)8-6-14-11(2)21-25-12(14)3/h5,7,9,13H,6,8H2,1-4H3,(H,20,23)/t13-/m1/s1. The molecule has 0 aliphatic heterocycles. The van der Waals surface area contributed by atoms with Gasteiger partial charge in [0.15, 0.2) is 6.10 Å². The van der Waals surface area contributed by atoms with Gasteiger partial charge >= 0.3 is 5.97 Å². The van der Waals surface area contributed by atoms with Crippen LogP contribution in [0.4, 0.5) is 5.69 Å². The molecule has 7 heteroatoms. The maximum absolute atomic E-state index is 12.2. The second-order valence-corrected chi connectivity index (χ2v) is 6.76. The largest absolute Gasteiger partial charge is 0.453 e. The van der Waals surface area contributed by atoms with Crippen molar-refractivity contribution >= 4 is 33.5 Å². The Morgan fingerprint density at radius 3 is 2.64 bits per heavy atom. The van der Waals surface area contributed by atoms with Gasteiger partial charge in [0.2, 0.25) is 0 Å². The predicted molar refractivity (Wildman–Crippen MR) is 97.4 cm³/mol. The van der Waals surface area contributed by atoms with Gasteiger partial charge in [0.1, 0.15) is 5.76 Å². The molecule has 1 amide bonds. The van der Waals surface area contributed by atoms with Gasteiger partial charge in [-0.05, 0) is 67.7 Å². The van der Waals surface area contributed by atoms with Crippen LogP contribution in [0.2, 0.25) is 0 Å². The highest BCUT2D eigenvalue weighted by Gasteiger charge is 2.19. The summed E-state index contributed by atoms with van der Waals surface area (Å²) >= 11 is 3.40. The summed E-state index contributed by atoms with van der Waals surface area (Å²) in [6.45, 7) is 7.13. The zero-order valence-corrected chi connectivity index (χ0v) is 16.3. The van der Waals surface area contributed by atoms with Crippen LogP contribution in [0.15, 0.2) is 27.2 Å². The summed E-state index contributed by atoms with van der Waals surface area (Å²) in [5.41, 5.74) is 3.37. The van der Waals surface area contributed by atoms with Crippen LogP contribution in [0.5, 0.6) is 0 Å². The van der Waals surface area contributed by atoms with E-state index in [1.807, 2.05) is 26.0 Å². The van der Waals surface area contributed by atoms with Gasteiger partial charge in [-0.15, -0.1) is 0 Å². The van der Waals surface area contributed by atoms with Crippen molar-refractivity contribution < 1.29 is 18.8 Å². The lowest BCUT2D eigenvalue weighted by atomic mass is 10.1. The van der Waals surface area contributed by atoms with Crippen molar-refractivity contribution in [3.8, 4) is 0 Å². The number of aryl methyl sites for hydroxylation is 3. The molecule has 25 heavy (non-hydrogen) atoms. The highest BCUT2D eigenvalue weighted by atomic mass is 79.9. The number of amides is 1. The van der Waals surface area contributed by atoms with Crippen molar-refractivity contribution in [3.63, 3.8) is 0 Å². The van der Waals surface area contributed by atoms with Crippen molar-refractivity contribution in [1.29, 1.82) is 0 Å². The molecule has 0 saturated heterocycles. The summed E-state index contributed by atoms with van der Waals surface area (Å²) in [5, 5.41) is 6.59. The predicted octanol–water partition coefficient (Wildman–Crippen LogP) is 3.87. The highest BCUT2D eigenvalue weighted by Crippen LogP contribution is 2.23. The van der Waals surface area contributed by atoms with Gasteiger partial charge in [0, 0.05) is 16.5 Å². The van der Waals surface area contributed by atoms with Crippen LogP contribution in [0.1, 0.15) is 35.9 Å². The van der Waals surface area contributed by atoms with E-state index in [2.05, 4.69) is 26.4 Å². The fraction of sp³-hybridized carbons (Fsp3) is 0.389. The van der Waals surface area contributed by atoms with Crippen molar-refractivity contribution in [2.45, 2.75) is 46.6 Å². The second kappa shape index (κ2) is 8.29. The van der Waals surface area contributed by atoms with Gasteiger partial charge in [0.05, 0.1) is 11.4 Å². The topological polar surface area (TPSA) is 81.4 Å². The molecule has 0 aliphatic rings. The first-order chi connectivity index (χ1) is 11.8. The van der Waals surface area contributed by atoms with Crippen molar-refractivity contribution in [1.82, 2.24) is 5.16 Å². The van der Waals surface area contributed by atoms with E-state index >= 15 is 0 Å². The third-order valence-electron chi connectivity index (χ3n) is 3.82.